The van der Waals surface area contributed by atoms with Gasteiger partial charge in [0.2, 0.25) is 0 Å². The zero-order valence-corrected chi connectivity index (χ0v) is 12.9. The smallest absolute Gasteiger partial charge is 0.356 e. The summed E-state index contributed by atoms with van der Waals surface area (Å²) in [7, 11) is 2.78. The molecule has 0 heterocycles. The van der Waals surface area contributed by atoms with Crippen molar-refractivity contribution in [2.24, 2.45) is 5.16 Å². The predicted octanol–water partition coefficient (Wildman–Crippen LogP) is 2.77. The van der Waals surface area contributed by atoms with Crippen LogP contribution in [0.15, 0.2) is 26.2 Å². The number of hydrogen-bond acceptors (Lipinski definition) is 5. The van der Waals surface area contributed by atoms with Gasteiger partial charge in [0.05, 0.1) is 23.2 Å². The summed E-state index contributed by atoms with van der Waals surface area (Å²) < 4.78 is 11.1. The number of halogens is 2. The van der Waals surface area contributed by atoms with Gasteiger partial charge in [-0.2, -0.15) is 0 Å². The van der Waals surface area contributed by atoms with Crippen molar-refractivity contribution in [3.8, 4) is 5.75 Å². The number of nitrogens with zero attached hydrogens (tertiary/aromatic N) is 1. The molecule has 1 aromatic carbocycles. The lowest BCUT2D eigenvalue weighted by Gasteiger charge is -2.09. The Morgan fingerprint density at radius 1 is 1.33 bits per heavy atom. The van der Waals surface area contributed by atoms with Crippen molar-refractivity contribution in [3.05, 3.63) is 26.6 Å². The van der Waals surface area contributed by atoms with Crippen molar-refractivity contribution in [2.45, 2.75) is 6.42 Å². The molecule has 0 aliphatic carbocycles. The maximum atomic E-state index is 11.3. The Morgan fingerprint density at radius 3 is 2.28 bits per heavy atom. The van der Waals surface area contributed by atoms with Gasteiger partial charge in [0.25, 0.3) is 0 Å². The minimum atomic E-state index is -0.666. The van der Waals surface area contributed by atoms with Gasteiger partial charge in [0.15, 0.2) is 5.71 Å². The lowest BCUT2D eigenvalue weighted by atomic mass is 10.1. The molecule has 0 unspecified atom stereocenters. The van der Waals surface area contributed by atoms with E-state index in [0.29, 0.717) is 5.75 Å². The minimum absolute atomic E-state index is 0.0681. The van der Waals surface area contributed by atoms with Crippen molar-refractivity contribution in [3.63, 3.8) is 0 Å². The summed E-state index contributed by atoms with van der Waals surface area (Å²) in [6.45, 7) is 0. The molecule has 0 fully saturated rings. The van der Waals surface area contributed by atoms with Crippen LogP contribution in [-0.2, 0) is 16.0 Å². The number of rotatable bonds is 4. The zero-order chi connectivity index (χ0) is 13.7. The van der Waals surface area contributed by atoms with E-state index in [-0.39, 0.29) is 12.1 Å². The number of benzene rings is 1. The van der Waals surface area contributed by atoms with Crippen molar-refractivity contribution < 1.29 is 19.5 Å². The standard InChI is InChI=1S/C11H11Br2NO4/c1-17-10-7(12)3-6(4-8(10)13)5-9(14-16)11(15)18-2/h3-4,16H,5H2,1-2H3/b14-9-. The second-order valence-corrected chi connectivity index (χ2v) is 5.02. The van der Waals surface area contributed by atoms with E-state index in [9.17, 15) is 4.79 Å². The van der Waals surface area contributed by atoms with Gasteiger partial charge in [-0.1, -0.05) is 5.16 Å². The van der Waals surface area contributed by atoms with Gasteiger partial charge in [-0.15, -0.1) is 0 Å². The largest absolute Gasteiger partial charge is 0.494 e. The van der Waals surface area contributed by atoms with Gasteiger partial charge in [-0.25, -0.2) is 4.79 Å². The fourth-order valence-electron chi connectivity index (χ4n) is 1.37. The van der Waals surface area contributed by atoms with Crippen molar-refractivity contribution in [1.82, 2.24) is 0 Å². The molecule has 1 aromatic rings. The number of carbonyl (C=O) groups is 1. The normalized spacial score (nSPS) is 11.2. The predicted molar refractivity (Wildman–Crippen MR) is 73.3 cm³/mol. The fourth-order valence-corrected chi connectivity index (χ4v) is 2.97. The molecule has 0 spiro atoms. The first-order chi connectivity index (χ1) is 8.53. The molecule has 0 aliphatic rings. The average molecular weight is 381 g/mol. The van der Waals surface area contributed by atoms with Crippen LogP contribution in [0.2, 0.25) is 0 Å². The van der Waals surface area contributed by atoms with Crippen LogP contribution in [0.1, 0.15) is 5.56 Å². The molecule has 0 aliphatic heterocycles. The van der Waals surface area contributed by atoms with Gasteiger partial charge >= 0.3 is 5.97 Å². The number of oxime groups is 1. The van der Waals surface area contributed by atoms with Gasteiger partial charge in [0.1, 0.15) is 5.75 Å². The first-order valence-corrected chi connectivity index (χ1v) is 6.43. The van der Waals surface area contributed by atoms with Gasteiger partial charge in [-0.3, -0.25) is 0 Å². The van der Waals surface area contributed by atoms with Gasteiger partial charge in [0, 0.05) is 6.42 Å². The highest BCUT2D eigenvalue weighted by atomic mass is 79.9. The number of hydrogen-bond donors (Lipinski definition) is 1. The molecule has 7 heteroatoms. The molecular weight excluding hydrogens is 370 g/mol. The summed E-state index contributed by atoms with van der Waals surface area (Å²) in [5.74, 6) is -0.0140. The number of ether oxygens (including phenoxy) is 2. The first kappa shape index (κ1) is 15.0. The molecule has 0 saturated carbocycles. The Bertz CT molecular complexity index is 465. The van der Waals surface area contributed by atoms with Crippen LogP contribution in [0.4, 0.5) is 0 Å². The first-order valence-electron chi connectivity index (χ1n) is 4.84. The van der Waals surface area contributed by atoms with E-state index >= 15 is 0 Å². The average Bonchev–Trinajstić information content (AvgIpc) is 2.34. The summed E-state index contributed by atoms with van der Waals surface area (Å²) >= 11 is 6.70. The molecule has 0 amide bonds. The number of esters is 1. The summed E-state index contributed by atoms with van der Waals surface area (Å²) in [6, 6.07) is 3.55. The van der Waals surface area contributed by atoms with Crippen molar-refractivity contribution >= 4 is 43.5 Å². The molecule has 0 atom stereocenters. The monoisotopic (exact) mass is 379 g/mol. The summed E-state index contributed by atoms with van der Waals surface area (Å²) in [6.07, 6.45) is 0.157. The Hall–Kier alpha value is -1.08. The molecule has 0 bridgehead atoms. The van der Waals surface area contributed by atoms with Crippen LogP contribution in [-0.4, -0.2) is 31.1 Å². The quantitative estimate of drug-likeness (QED) is 0.377. The van der Waals surface area contributed by atoms with E-state index in [1.54, 1.807) is 19.2 Å². The minimum Gasteiger partial charge on any atom is -0.494 e. The van der Waals surface area contributed by atoms with Crippen LogP contribution >= 0.6 is 31.9 Å². The van der Waals surface area contributed by atoms with Gasteiger partial charge < -0.3 is 14.7 Å². The third kappa shape index (κ3) is 3.46. The maximum absolute atomic E-state index is 11.3. The van der Waals surface area contributed by atoms with E-state index in [1.807, 2.05) is 0 Å². The molecule has 0 saturated heterocycles. The summed E-state index contributed by atoms with van der Waals surface area (Å²) in [4.78, 5) is 11.3. The molecule has 0 aromatic heterocycles. The summed E-state index contributed by atoms with van der Waals surface area (Å²) in [5, 5.41) is 11.7. The molecular formula is C11H11Br2NO4. The molecule has 5 nitrogen and oxygen atoms in total. The second kappa shape index (κ2) is 6.75. The molecule has 98 valence electrons. The molecule has 18 heavy (non-hydrogen) atoms. The van der Waals surface area contributed by atoms with E-state index in [4.69, 9.17) is 9.94 Å². The highest BCUT2D eigenvalue weighted by Crippen LogP contribution is 2.34. The Labute approximate surface area is 121 Å². The van der Waals surface area contributed by atoms with Crippen LogP contribution in [0, 0.1) is 0 Å². The lowest BCUT2D eigenvalue weighted by Crippen LogP contribution is -2.18. The topological polar surface area (TPSA) is 68.1 Å². The van der Waals surface area contributed by atoms with Crippen molar-refractivity contribution in [2.75, 3.05) is 14.2 Å². The van der Waals surface area contributed by atoms with E-state index in [0.717, 1.165) is 14.5 Å². The fraction of sp³-hybridized carbons (Fsp3) is 0.273. The maximum Gasteiger partial charge on any atom is 0.356 e. The third-order valence-electron chi connectivity index (χ3n) is 2.18. The highest BCUT2D eigenvalue weighted by Gasteiger charge is 2.15. The third-order valence-corrected chi connectivity index (χ3v) is 3.35. The van der Waals surface area contributed by atoms with Crippen LogP contribution < -0.4 is 4.74 Å². The number of methoxy groups -OCH3 is 2. The molecule has 1 N–H and O–H groups in total. The van der Waals surface area contributed by atoms with E-state index in [2.05, 4.69) is 41.8 Å². The van der Waals surface area contributed by atoms with Crippen LogP contribution in [0.5, 0.6) is 5.75 Å². The number of carbonyl (C=O) groups excluding carboxylic acids is 1. The molecule has 1 rings (SSSR count). The SMILES string of the molecule is COC(=O)/C(Cc1cc(Br)c(OC)c(Br)c1)=N\O. The molecule has 0 radical (unpaired) electrons. The van der Waals surface area contributed by atoms with Gasteiger partial charge in [-0.05, 0) is 49.6 Å². The Balaban J connectivity index is 3.02. The zero-order valence-electron chi connectivity index (χ0n) is 9.74. The van der Waals surface area contributed by atoms with E-state index in [1.165, 1.54) is 7.11 Å². The van der Waals surface area contributed by atoms with Crippen molar-refractivity contribution in [1.29, 1.82) is 0 Å². The van der Waals surface area contributed by atoms with Crippen LogP contribution in [0.25, 0.3) is 0 Å². The lowest BCUT2D eigenvalue weighted by molar-refractivity contribution is -0.132. The van der Waals surface area contributed by atoms with Crippen LogP contribution in [0.3, 0.4) is 0 Å². The highest BCUT2D eigenvalue weighted by molar-refractivity contribution is 9.11. The second-order valence-electron chi connectivity index (χ2n) is 3.31. The summed E-state index contributed by atoms with van der Waals surface area (Å²) in [5.41, 5.74) is 0.703. The Morgan fingerprint density at radius 2 is 1.89 bits per heavy atom. The Kier molecular flexibility index (Phi) is 5.61. The van der Waals surface area contributed by atoms with E-state index < -0.39 is 5.97 Å².